The first-order valence-electron chi connectivity index (χ1n) is 25.3. The maximum absolute atomic E-state index is 13.0. The summed E-state index contributed by atoms with van der Waals surface area (Å²) in [5, 5.41) is 61.3. The Labute approximate surface area is 432 Å². The van der Waals surface area contributed by atoms with Gasteiger partial charge in [-0.25, -0.2) is 9.13 Å². The van der Waals surface area contributed by atoms with E-state index in [0.717, 1.165) is 44.9 Å². The highest BCUT2D eigenvalue weighted by atomic mass is 31.2. The van der Waals surface area contributed by atoms with Crippen molar-refractivity contribution in [2.45, 2.75) is 184 Å². The summed E-state index contributed by atoms with van der Waals surface area (Å²) >= 11 is 0. The zero-order valence-electron chi connectivity index (χ0n) is 42.5. The van der Waals surface area contributed by atoms with E-state index >= 15 is 0 Å². The van der Waals surface area contributed by atoms with Crippen LogP contribution in [0.1, 0.15) is 129 Å². The molecule has 20 heteroatoms. The maximum Gasteiger partial charge on any atom is 0.472 e. The summed E-state index contributed by atoms with van der Waals surface area (Å²) in [5.74, 6) is -1.42. The fourth-order valence-electron chi connectivity index (χ4n) is 6.74. The van der Waals surface area contributed by atoms with Gasteiger partial charge in [0.05, 0.1) is 18.8 Å². The molecule has 0 aromatic carbocycles. The van der Waals surface area contributed by atoms with E-state index in [9.17, 15) is 64.0 Å². The van der Waals surface area contributed by atoms with E-state index in [1.165, 1.54) is 19.3 Å². The predicted octanol–water partition coefficient (Wildman–Crippen LogP) is 8.22. The number of phosphoric acid groups is 2. The molecule has 18 nitrogen and oxygen atoms in total. The number of unbranched alkanes of at least 4 members (excludes halogenated alkanes) is 6. The number of hydrogen-bond donors (Lipinski definition) is 9. The number of allylic oxidation sites excluding steroid dienone is 16. The van der Waals surface area contributed by atoms with Gasteiger partial charge in [0.25, 0.3) is 0 Å². The van der Waals surface area contributed by atoms with Crippen molar-refractivity contribution < 1.29 is 87.1 Å². The monoisotopic (exact) mass is 1070 g/mol. The van der Waals surface area contributed by atoms with E-state index in [1.807, 2.05) is 37.3 Å². The molecule has 10 atom stereocenters. The molecular formula is C53H84O18P2. The quantitative estimate of drug-likeness (QED) is 0.00918. The van der Waals surface area contributed by atoms with Gasteiger partial charge < -0.3 is 54.8 Å². The van der Waals surface area contributed by atoms with E-state index < -0.39 is 95.7 Å². The zero-order valence-corrected chi connectivity index (χ0v) is 44.3. The molecule has 1 fully saturated rings. The number of aliphatic hydroxyl groups excluding tert-OH is 6. The zero-order chi connectivity index (χ0) is 54.2. The summed E-state index contributed by atoms with van der Waals surface area (Å²) in [6, 6.07) is 0. The maximum atomic E-state index is 13.0. The van der Waals surface area contributed by atoms with Gasteiger partial charge in [0.15, 0.2) is 6.10 Å². The summed E-state index contributed by atoms with van der Waals surface area (Å²) in [4.78, 5) is 54.4. The number of rotatable bonds is 40. The average molecular weight is 1070 g/mol. The molecule has 0 bridgehead atoms. The molecule has 0 amide bonds. The third kappa shape index (κ3) is 36.0. The molecule has 1 aliphatic rings. The molecule has 0 spiro atoms. The standard InChI is InChI=1S/C53H84O18P2/c1-3-5-7-8-9-10-11-12-13-14-15-16-17-18-19-20-21-26-34-40-47(57)69-45(42-68-73(65,66)71-53-50(60)48(58)49(59)52(51(53)61)70-72(62,63)64)41-67-46(56)39-33-25-23-22-24-30-36-44(55)38-32-28-27-31-37-43(54)35-29-6-4-2/h6,9-10,12-13,15-16,18-19,23-25,27-32,37-38,43-45,48-55,58-61H,3-5,7-8,11,14,17,20-22,26,33-36,39-42H2,1-2H3,(H,65,66)(H2,62,63,64)/b10-9-,13-12-,16-15-,19-18-,25-23-,28-27-,29-6-,30-24-,37-31+,38-32+/t43-,44+,45-,48?,49?,50?,51?,52-,53+/m1/s1. The van der Waals surface area contributed by atoms with Crippen LogP contribution in [-0.2, 0) is 41.8 Å². The van der Waals surface area contributed by atoms with Gasteiger partial charge in [-0.3, -0.25) is 23.2 Å². The van der Waals surface area contributed by atoms with Crippen LogP contribution in [0.3, 0.4) is 0 Å². The van der Waals surface area contributed by atoms with Crippen LogP contribution in [0, 0.1) is 0 Å². The molecule has 1 saturated carbocycles. The first-order chi connectivity index (χ1) is 34.9. The molecule has 1 rings (SSSR count). The molecule has 414 valence electrons. The fraction of sp³-hybridized carbons (Fsp3) is 0.585. The lowest BCUT2D eigenvalue weighted by Gasteiger charge is -2.43. The molecule has 0 heterocycles. The van der Waals surface area contributed by atoms with Crippen LogP contribution in [0.25, 0.3) is 0 Å². The second kappa shape index (κ2) is 41.6. The van der Waals surface area contributed by atoms with E-state index in [4.69, 9.17) is 18.5 Å². The van der Waals surface area contributed by atoms with Gasteiger partial charge in [-0.15, -0.1) is 0 Å². The second-order valence-electron chi connectivity index (χ2n) is 17.2. The van der Waals surface area contributed by atoms with Gasteiger partial charge >= 0.3 is 27.6 Å². The molecule has 0 radical (unpaired) electrons. The molecule has 5 unspecified atom stereocenters. The molecule has 73 heavy (non-hydrogen) atoms. The highest BCUT2D eigenvalue weighted by Crippen LogP contribution is 2.49. The molecule has 1 aliphatic carbocycles. The average Bonchev–Trinajstić information content (AvgIpc) is 3.34. The topological polar surface area (TPSA) is 296 Å². The van der Waals surface area contributed by atoms with E-state index in [1.54, 1.807) is 42.5 Å². The Hall–Kier alpha value is -3.68. The van der Waals surface area contributed by atoms with E-state index in [0.29, 0.717) is 32.1 Å². The Kier molecular flexibility index (Phi) is 38.3. The summed E-state index contributed by atoms with van der Waals surface area (Å²) < 4.78 is 49.3. The minimum atomic E-state index is -5.40. The Morgan fingerprint density at radius 1 is 0.521 bits per heavy atom. The number of aliphatic hydroxyl groups is 6. The lowest BCUT2D eigenvalue weighted by molar-refractivity contribution is -0.216. The van der Waals surface area contributed by atoms with Crippen LogP contribution in [-0.4, -0.2) is 125 Å². The van der Waals surface area contributed by atoms with Gasteiger partial charge in [-0.05, 0) is 83.5 Å². The molecule has 0 saturated heterocycles. The normalized spacial score (nSPS) is 22.5. The SMILES string of the molecule is CC/C=C\C[C@@H](O)/C=C/C=C\C=C\[C@@H](O)C/C=C\C/C=C\CCC(=O)OC[C@H](COP(=O)(O)O[C@H]1C(O)C(O)C(O)[C@@H](OP(=O)(O)O)C1O)OC(=O)CCCCC/C=C\C/C=C\C/C=C\C/C=C\CCCCC. The molecule has 0 aromatic rings. The highest BCUT2D eigenvalue weighted by Gasteiger charge is 2.54. The van der Waals surface area contributed by atoms with Crippen molar-refractivity contribution >= 4 is 27.6 Å². The minimum absolute atomic E-state index is 0.0394. The smallest absolute Gasteiger partial charge is 0.462 e. The molecular weight excluding hydrogens is 987 g/mol. The summed E-state index contributed by atoms with van der Waals surface area (Å²) in [6.45, 7) is 2.71. The van der Waals surface area contributed by atoms with Gasteiger partial charge in [0, 0.05) is 12.8 Å². The third-order valence-electron chi connectivity index (χ3n) is 10.7. The number of ether oxygens (including phenoxy) is 2. The van der Waals surface area contributed by atoms with Crippen LogP contribution in [0.15, 0.2) is 122 Å². The van der Waals surface area contributed by atoms with Crippen molar-refractivity contribution in [2.75, 3.05) is 13.2 Å². The van der Waals surface area contributed by atoms with E-state index in [-0.39, 0.29) is 19.3 Å². The Morgan fingerprint density at radius 3 is 1.55 bits per heavy atom. The van der Waals surface area contributed by atoms with E-state index in [2.05, 4.69) is 60.1 Å². The van der Waals surface area contributed by atoms with Gasteiger partial charge in [-0.1, -0.05) is 155 Å². The van der Waals surface area contributed by atoms with Crippen molar-refractivity contribution in [3.63, 3.8) is 0 Å². The third-order valence-corrected chi connectivity index (χ3v) is 12.2. The lowest BCUT2D eigenvalue weighted by Crippen LogP contribution is -2.64. The first kappa shape index (κ1) is 67.3. The molecule has 0 aromatic heterocycles. The summed E-state index contributed by atoms with van der Waals surface area (Å²) in [6.07, 6.45) is 34.9. The lowest BCUT2D eigenvalue weighted by atomic mass is 9.85. The van der Waals surface area contributed by atoms with Gasteiger partial charge in [0.2, 0.25) is 0 Å². The van der Waals surface area contributed by atoms with Crippen LogP contribution < -0.4 is 0 Å². The molecule has 9 N–H and O–H groups in total. The van der Waals surface area contributed by atoms with Gasteiger partial charge in [0.1, 0.15) is 43.2 Å². The fourth-order valence-corrected chi connectivity index (χ4v) is 8.28. The van der Waals surface area contributed by atoms with Crippen molar-refractivity contribution in [2.24, 2.45) is 0 Å². The van der Waals surface area contributed by atoms with Crippen molar-refractivity contribution in [1.82, 2.24) is 0 Å². The first-order valence-corrected chi connectivity index (χ1v) is 28.3. The second-order valence-corrected chi connectivity index (χ2v) is 19.8. The number of phosphoric ester groups is 2. The van der Waals surface area contributed by atoms with Crippen molar-refractivity contribution in [3.05, 3.63) is 122 Å². The van der Waals surface area contributed by atoms with Crippen LogP contribution in [0.2, 0.25) is 0 Å². The number of esters is 2. The van der Waals surface area contributed by atoms with Gasteiger partial charge in [-0.2, -0.15) is 0 Å². The molecule has 0 aliphatic heterocycles. The van der Waals surface area contributed by atoms with Crippen molar-refractivity contribution in [1.29, 1.82) is 0 Å². The largest absolute Gasteiger partial charge is 0.472 e. The van der Waals surface area contributed by atoms with Crippen molar-refractivity contribution in [3.8, 4) is 0 Å². The Balaban J connectivity index is 2.69. The number of carbonyl (C=O) groups is 2. The van der Waals surface area contributed by atoms with Crippen LogP contribution in [0.4, 0.5) is 0 Å². The Morgan fingerprint density at radius 2 is 1.01 bits per heavy atom. The number of carbonyl (C=O) groups excluding carboxylic acids is 2. The predicted molar refractivity (Wildman–Crippen MR) is 280 cm³/mol. The minimum Gasteiger partial charge on any atom is -0.462 e. The Bertz CT molecular complexity index is 1900. The van der Waals surface area contributed by atoms with Crippen LogP contribution in [0.5, 0.6) is 0 Å². The highest BCUT2D eigenvalue weighted by molar-refractivity contribution is 7.47. The summed E-state index contributed by atoms with van der Waals surface area (Å²) in [5.41, 5.74) is 0. The van der Waals surface area contributed by atoms with Crippen LogP contribution >= 0.6 is 15.6 Å². The summed E-state index contributed by atoms with van der Waals surface area (Å²) in [7, 11) is -10.8. The number of hydrogen-bond acceptors (Lipinski definition) is 15.